The number of fused-ring (bicyclic) bond motifs is 1. The van der Waals surface area contributed by atoms with Crippen molar-refractivity contribution >= 4 is 22.9 Å². The van der Waals surface area contributed by atoms with Gasteiger partial charge in [-0.2, -0.15) is 0 Å². The van der Waals surface area contributed by atoms with Gasteiger partial charge in [-0.05, 0) is 24.1 Å². The Labute approximate surface area is 194 Å². The maximum Gasteiger partial charge on any atom is 0.573 e. The standard InChI is InChI=1S/C21H20F3N5O4S/c1-4-13-10-32-15(25-13)11-34-19-26-17-16(18(30)28(3)20(31)27(17)2)29(19)9-12-6-5-7-14(8-12)33-21(22,23)24/h5-8,10H,4,9,11H2,1-3H3. The summed E-state index contributed by atoms with van der Waals surface area (Å²) in [6.07, 6.45) is -2.56. The van der Waals surface area contributed by atoms with Crippen LogP contribution < -0.4 is 16.0 Å². The molecule has 0 atom stereocenters. The second-order valence-electron chi connectivity index (χ2n) is 7.43. The molecule has 0 saturated heterocycles. The summed E-state index contributed by atoms with van der Waals surface area (Å²) in [5.74, 6) is 0.382. The molecule has 13 heteroatoms. The van der Waals surface area contributed by atoms with Crippen LogP contribution in [0.25, 0.3) is 11.2 Å². The van der Waals surface area contributed by atoms with Gasteiger partial charge < -0.3 is 13.7 Å². The van der Waals surface area contributed by atoms with Gasteiger partial charge in [0.15, 0.2) is 16.3 Å². The number of nitrogens with zero attached hydrogens (tertiary/aromatic N) is 5. The SMILES string of the molecule is CCc1coc(CSc2nc3c(c(=O)n(C)c(=O)n3C)n2Cc2cccc(OC(F)(F)F)c2)n1. The molecule has 0 aliphatic rings. The number of alkyl halides is 3. The van der Waals surface area contributed by atoms with Crippen molar-refractivity contribution in [3.63, 3.8) is 0 Å². The lowest BCUT2D eigenvalue weighted by molar-refractivity contribution is -0.274. The van der Waals surface area contributed by atoms with Crippen LogP contribution in [0.3, 0.4) is 0 Å². The van der Waals surface area contributed by atoms with Crippen LogP contribution in [0.15, 0.2) is 49.7 Å². The summed E-state index contributed by atoms with van der Waals surface area (Å²) in [6, 6.07) is 5.46. The van der Waals surface area contributed by atoms with Crippen molar-refractivity contribution in [3.05, 3.63) is 68.5 Å². The predicted octanol–water partition coefficient (Wildman–Crippen LogP) is 3.22. The number of hydrogen-bond acceptors (Lipinski definition) is 7. The number of benzene rings is 1. The van der Waals surface area contributed by atoms with Crippen molar-refractivity contribution in [2.24, 2.45) is 14.1 Å². The van der Waals surface area contributed by atoms with Crippen LogP contribution in [0, 0.1) is 0 Å². The number of halogens is 3. The summed E-state index contributed by atoms with van der Waals surface area (Å²) in [5.41, 5.74) is 0.449. The maximum atomic E-state index is 13.0. The summed E-state index contributed by atoms with van der Waals surface area (Å²) < 4.78 is 51.2. The Morgan fingerprint density at radius 3 is 2.59 bits per heavy atom. The van der Waals surface area contributed by atoms with E-state index in [9.17, 15) is 22.8 Å². The molecule has 0 bridgehead atoms. The molecule has 1 aromatic carbocycles. The van der Waals surface area contributed by atoms with Crippen LogP contribution in [0.2, 0.25) is 0 Å². The van der Waals surface area contributed by atoms with E-state index in [2.05, 4.69) is 14.7 Å². The Hall–Kier alpha value is -3.48. The molecular weight excluding hydrogens is 475 g/mol. The normalized spacial score (nSPS) is 11.9. The number of ether oxygens (including phenoxy) is 1. The largest absolute Gasteiger partial charge is 0.573 e. The predicted molar refractivity (Wildman–Crippen MR) is 118 cm³/mol. The van der Waals surface area contributed by atoms with Gasteiger partial charge in [-0.3, -0.25) is 13.9 Å². The number of aryl methyl sites for hydroxylation is 2. The smallest absolute Gasteiger partial charge is 0.448 e. The Morgan fingerprint density at radius 1 is 1.15 bits per heavy atom. The highest BCUT2D eigenvalue weighted by molar-refractivity contribution is 7.98. The minimum atomic E-state index is -4.83. The zero-order valence-electron chi connectivity index (χ0n) is 18.4. The molecule has 0 aliphatic heterocycles. The Bertz CT molecular complexity index is 1470. The van der Waals surface area contributed by atoms with Crippen molar-refractivity contribution in [2.45, 2.75) is 37.2 Å². The second-order valence-corrected chi connectivity index (χ2v) is 8.37. The molecule has 0 N–H and O–H groups in total. The van der Waals surface area contributed by atoms with E-state index >= 15 is 0 Å². The molecule has 3 heterocycles. The Morgan fingerprint density at radius 2 is 1.91 bits per heavy atom. The van der Waals surface area contributed by atoms with Crippen LogP contribution in [0.5, 0.6) is 5.75 Å². The van der Waals surface area contributed by atoms with E-state index in [0.29, 0.717) is 28.8 Å². The van der Waals surface area contributed by atoms with Gasteiger partial charge in [-0.15, -0.1) is 13.2 Å². The van der Waals surface area contributed by atoms with E-state index in [4.69, 9.17) is 4.42 Å². The van der Waals surface area contributed by atoms with Gasteiger partial charge in [0.25, 0.3) is 5.56 Å². The van der Waals surface area contributed by atoms with Gasteiger partial charge in [-0.1, -0.05) is 30.8 Å². The quantitative estimate of drug-likeness (QED) is 0.363. The number of rotatable bonds is 7. The first-order valence-electron chi connectivity index (χ1n) is 10.1. The summed E-state index contributed by atoms with van der Waals surface area (Å²) in [6.45, 7) is 1.97. The number of oxazole rings is 1. The van der Waals surface area contributed by atoms with E-state index in [-0.39, 0.29) is 23.5 Å². The van der Waals surface area contributed by atoms with Crippen LogP contribution in [0.1, 0.15) is 24.1 Å². The van der Waals surface area contributed by atoms with Crippen LogP contribution in [-0.2, 0) is 32.8 Å². The maximum absolute atomic E-state index is 13.0. The van der Waals surface area contributed by atoms with Gasteiger partial charge in [0.1, 0.15) is 12.0 Å². The van der Waals surface area contributed by atoms with E-state index < -0.39 is 17.6 Å². The average molecular weight is 495 g/mol. The fourth-order valence-corrected chi connectivity index (χ4v) is 4.26. The third-order valence-electron chi connectivity index (χ3n) is 5.07. The van der Waals surface area contributed by atoms with Gasteiger partial charge in [0, 0.05) is 14.1 Å². The number of hydrogen-bond donors (Lipinski definition) is 0. The summed E-state index contributed by atoms with van der Waals surface area (Å²) in [7, 11) is 2.85. The lowest BCUT2D eigenvalue weighted by Gasteiger charge is -2.12. The van der Waals surface area contributed by atoms with E-state index in [1.54, 1.807) is 16.9 Å². The molecule has 0 saturated carbocycles. The molecule has 180 valence electrons. The van der Waals surface area contributed by atoms with Crippen molar-refractivity contribution in [1.82, 2.24) is 23.7 Å². The highest BCUT2D eigenvalue weighted by atomic mass is 32.2. The number of thioether (sulfide) groups is 1. The molecule has 4 rings (SSSR count). The second kappa shape index (κ2) is 9.05. The molecule has 4 aromatic rings. The van der Waals surface area contributed by atoms with E-state index in [1.807, 2.05) is 6.92 Å². The number of imidazole rings is 1. The van der Waals surface area contributed by atoms with Crippen molar-refractivity contribution in [1.29, 1.82) is 0 Å². The Kier molecular flexibility index (Phi) is 6.30. The lowest BCUT2D eigenvalue weighted by Crippen LogP contribution is -2.37. The molecule has 0 radical (unpaired) electrons. The van der Waals surface area contributed by atoms with Crippen LogP contribution in [0.4, 0.5) is 13.2 Å². The minimum absolute atomic E-state index is 0.0210. The van der Waals surface area contributed by atoms with Crippen LogP contribution >= 0.6 is 11.8 Å². The molecule has 9 nitrogen and oxygen atoms in total. The van der Waals surface area contributed by atoms with E-state index in [1.165, 1.54) is 48.6 Å². The third kappa shape index (κ3) is 4.74. The molecule has 0 amide bonds. The number of aromatic nitrogens is 5. The summed E-state index contributed by atoms with van der Waals surface area (Å²) in [5, 5.41) is 0.381. The third-order valence-corrected chi connectivity index (χ3v) is 6.03. The minimum Gasteiger partial charge on any atom is -0.448 e. The average Bonchev–Trinajstić information content (AvgIpc) is 3.38. The molecule has 0 spiro atoms. The fourth-order valence-electron chi connectivity index (χ4n) is 3.41. The molecule has 0 fully saturated rings. The molecular formula is C21H20F3N5O4S. The lowest BCUT2D eigenvalue weighted by atomic mass is 10.2. The van der Waals surface area contributed by atoms with Crippen molar-refractivity contribution in [2.75, 3.05) is 0 Å². The first kappa shape index (κ1) is 23.7. The topological polar surface area (TPSA) is 97.1 Å². The molecule has 34 heavy (non-hydrogen) atoms. The van der Waals surface area contributed by atoms with Crippen molar-refractivity contribution < 1.29 is 22.3 Å². The molecule has 0 aliphatic carbocycles. The zero-order chi connectivity index (χ0) is 24.6. The molecule has 0 unspecified atom stereocenters. The van der Waals surface area contributed by atoms with E-state index in [0.717, 1.165) is 10.3 Å². The van der Waals surface area contributed by atoms with Gasteiger partial charge in [0.05, 0.1) is 18.0 Å². The molecule has 3 aromatic heterocycles. The first-order valence-corrected chi connectivity index (χ1v) is 11.1. The van der Waals surface area contributed by atoms with Crippen LogP contribution in [-0.4, -0.2) is 30.0 Å². The Balaban J connectivity index is 1.78. The zero-order valence-corrected chi connectivity index (χ0v) is 19.2. The first-order chi connectivity index (χ1) is 16.1. The highest BCUT2D eigenvalue weighted by Gasteiger charge is 2.31. The summed E-state index contributed by atoms with van der Waals surface area (Å²) >= 11 is 1.23. The van der Waals surface area contributed by atoms with Gasteiger partial charge in [-0.25, -0.2) is 14.8 Å². The summed E-state index contributed by atoms with van der Waals surface area (Å²) in [4.78, 5) is 34.2. The monoisotopic (exact) mass is 495 g/mol. The van der Waals surface area contributed by atoms with Gasteiger partial charge in [0.2, 0.25) is 5.89 Å². The highest BCUT2D eigenvalue weighted by Crippen LogP contribution is 2.28. The van der Waals surface area contributed by atoms with Crippen molar-refractivity contribution in [3.8, 4) is 5.75 Å². The van der Waals surface area contributed by atoms with Gasteiger partial charge >= 0.3 is 12.1 Å². The fraction of sp³-hybridized carbons (Fsp3) is 0.333.